The van der Waals surface area contributed by atoms with Gasteiger partial charge >= 0.3 is 0 Å². The molecule has 1 amide bonds. The van der Waals surface area contributed by atoms with Gasteiger partial charge in [-0.3, -0.25) is 9.79 Å². The molecule has 24 heavy (non-hydrogen) atoms. The third-order valence-electron chi connectivity index (χ3n) is 4.03. The lowest BCUT2D eigenvalue weighted by molar-refractivity contribution is -0.121. The number of aryl methyl sites for hydroxylation is 2. The normalized spacial score (nSPS) is 14.4. The molecule has 3 N–H and O–H groups in total. The van der Waals surface area contributed by atoms with Crippen LogP contribution in [0.5, 0.6) is 0 Å². The van der Waals surface area contributed by atoms with Crippen LogP contribution < -0.4 is 16.0 Å². The van der Waals surface area contributed by atoms with Crippen molar-refractivity contribution in [1.82, 2.24) is 16.0 Å². The topological polar surface area (TPSA) is 65.5 Å². The zero-order valence-electron chi connectivity index (χ0n) is 15.1. The highest BCUT2D eigenvalue weighted by molar-refractivity contribution is 5.80. The van der Waals surface area contributed by atoms with Gasteiger partial charge in [-0.25, -0.2) is 0 Å². The molecule has 2 rings (SSSR count). The Hall–Kier alpha value is -2.04. The number of rotatable bonds is 8. The number of carbonyl (C=O) groups is 1. The van der Waals surface area contributed by atoms with E-state index in [9.17, 15) is 4.79 Å². The number of nitrogens with one attached hydrogen (secondary N) is 3. The van der Waals surface area contributed by atoms with Gasteiger partial charge in [-0.1, -0.05) is 29.3 Å². The van der Waals surface area contributed by atoms with E-state index in [1.807, 2.05) is 0 Å². The Kier molecular flexibility index (Phi) is 7.09. The van der Waals surface area contributed by atoms with E-state index in [2.05, 4.69) is 53.0 Å². The first-order valence-electron chi connectivity index (χ1n) is 8.88. The largest absolute Gasteiger partial charge is 0.356 e. The quantitative estimate of drug-likeness (QED) is 0.388. The van der Waals surface area contributed by atoms with Crippen molar-refractivity contribution in [3.8, 4) is 0 Å². The van der Waals surface area contributed by atoms with Crippen molar-refractivity contribution in [3.05, 3.63) is 34.9 Å². The molecule has 0 aliphatic heterocycles. The second-order valence-corrected chi connectivity index (χ2v) is 6.62. The van der Waals surface area contributed by atoms with Crippen molar-refractivity contribution in [2.45, 2.75) is 52.0 Å². The van der Waals surface area contributed by atoms with Crippen LogP contribution in [0.2, 0.25) is 0 Å². The van der Waals surface area contributed by atoms with Gasteiger partial charge in [0, 0.05) is 32.6 Å². The van der Waals surface area contributed by atoms with Gasteiger partial charge in [0.2, 0.25) is 5.91 Å². The number of guanidine groups is 1. The van der Waals surface area contributed by atoms with E-state index in [-0.39, 0.29) is 5.91 Å². The Morgan fingerprint density at radius 2 is 1.79 bits per heavy atom. The number of nitrogens with zero attached hydrogens (tertiary/aromatic N) is 1. The summed E-state index contributed by atoms with van der Waals surface area (Å²) < 4.78 is 0. The zero-order valence-corrected chi connectivity index (χ0v) is 15.1. The molecule has 0 atom stereocenters. The molecule has 0 spiro atoms. The van der Waals surface area contributed by atoms with Crippen LogP contribution >= 0.6 is 0 Å². The molecule has 5 heteroatoms. The number of aliphatic imine (C=N–C) groups is 1. The Morgan fingerprint density at radius 3 is 2.42 bits per heavy atom. The van der Waals surface area contributed by atoms with E-state index in [1.54, 1.807) is 7.05 Å². The molecule has 0 saturated heterocycles. The van der Waals surface area contributed by atoms with Gasteiger partial charge in [0.15, 0.2) is 5.96 Å². The highest BCUT2D eigenvalue weighted by atomic mass is 16.1. The van der Waals surface area contributed by atoms with E-state index in [0.29, 0.717) is 12.5 Å². The molecular weight excluding hydrogens is 300 g/mol. The van der Waals surface area contributed by atoms with Crippen molar-refractivity contribution in [2.75, 3.05) is 20.1 Å². The Labute approximate surface area is 145 Å². The van der Waals surface area contributed by atoms with Crippen molar-refractivity contribution >= 4 is 11.9 Å². The molecule has 132 valence electrons. The van der Waals surface area contributed by atoms with Gasteiger partial charge in [0.1, 0.15) is 0 Å². The molecule has 0 radical (unpaired) electrons. The summed E-state index contributed by atoms with van der Waals surface area (Å²) in [5, 5.41) is 9.59. The third-order valence-corrected chi connectivity index (χ3v) is 4.03. The average molecular weight is 330 g/mol. The Balaban J connectivity index is 1.60. The van der Waals surface area contributed by atoms with Crippen LogP contribution in [0.25, 0.3) is 0 Å². The number of hydrogen-bond donors (Lipinski definition) is 3. The van der Waals surface area contributed by atoms with Crippen LogP contribution in [0.1, 0.15) is 42.4 Å². The molecule has 0 heterocycles. The Bertz CT molecular complexity index is 558. The first kappa shape index (κ1) is 18.3. The highest BCUT2D eigenvalue weighted by Crippen LogP contribution is 2.18. The summed E-state index contributed by atoms with van der Waals surface area (Å²) in [6.45, 7) is 5.85. The maximum absolute atomic E-state index is 11.6. The number of carbonyl (C=O) groups excluding carboxylic acids is 1. The number of hydrogen-bond acceptors (Lipinski definition) is 2. The summed E-state index contributed by atoms with van der Waals surface area (Å²) in [5.41, 5.74) is 3.95. The molecule has 0 aromatic heterocycles. The lowest BCUT2D eigenvalue weighted by atomic mass is 10.1. The Morgan fingerprint density at radius 1 is 1.12 bits per heavy atom. The first-order chi connectivity index (χ1) is 11.6. The van der Waals surface area contributed by atoms with Gasteiger partial charge in [-0.15, -0.1) is 0 Å². The summed E-state index contributed by atoms with van der Waals surface area (Å²) in [4.78, 5) is 15.8. The van der Waals surface area contributed by atoms with Crippen LogP contribution in [-0.4, -0.2) is 38.0 Å². The molecule has 5 nitrogen and oxygen atoms in total. The minimum absolute atomic E-state index is 0.164. The molecular formula is C19H30N4O. The summed E-state index contributed by atoms with van der Waals surface area (Å²) in [6, 6.07) is 7.09. The average Bonchev–Trinajstić information content (AvgIpc) is 3.32. The number of amides is 1. The predicted molar refractivity (Wildman–Crippen MR) is 99.4 cm³/mol. The maximum atomic E-state index is 11.6. The van der Waals surface area contributed by atoms with Gasteiger partial charge in [-0.2, -0.15) is 0 Å². The van der Waals surface area contributed by atoms with Crippen LogP contribution in [0.3, 0.4) is 0 Å². The summed E-state index contributed by atoms with van der Waals surface area (Å²) >= 11 is 0. The lowest BCUT2D eigenvalue weighted by Crippen LogP contribution is -2.39. The molecule has 0 bridgehead atoms. The standard InChI is InChI=1S/C19H30N4O/c1-14-11-15(2)13-16(12-14)8-10-22-19(20-3)21-9-4-5-18(24)23-17-6-7-17/h11-13,17H,4-10H2,1-3H3,(H,23,24)(H2,20,21,22). The lowest BCUT2D eigenvalue weighted by Gasteiger charge is -2.12. The van der Waals surface area contributed by atoms with Crippen molar-refractivity contribution in [2.24, 2.45) is 4.99 Å². The minimum atomic E-state index is 0.164. The molecule has 1 aromatic carbocycles. The monoisotopic (exact) mass is 330 g/mol. The van der Waals surface area contributed by atoms with Gasteiger partial charge in [0.25, 0.3) is 0 Å². The third kappa shape index (κ3) is 7.02. The molecule has 1 aromatic rings. The summed E-state index contributed by atoms with van der Waals surface area (Å²) in [6.07, 6.45) is 4.63. The predicted octanol–water partition coefficient (Wildman–Crippen LogP) is 2.07. The van der Waals surface area contributed by atoms with Crippen LogP contribution in [0.15, 0.2) is 23.2 Å². The SMILES string of the molecule is CN=C(NCCCC(=O)NC1CC1)NCCc1cc(C)cc(C)c1. The molecule has 0 unspecified atom stereocenters. The van der Waals surface area contributed by atoms with Gasteiger partial charge in [0.05, 0.1) is 0 Å². The fraction of sp³-hybridized carbons (Fsp3) is 0.579. The van der Waals surface area contributed by atoms with E-state index in [4.69, 9.17) is 0 Å². The van der Waals surface area contributed by atoms with E-state index < -0.39 is 0 Å². The van der Waals surface area contributed by atoms with Crippen molar-refractivity contribution in [1.29, 1.82) is 0 Å². The van der Waals surface area contributed by atoms with E-state index in [1.165, 1.54) is 16.7 Å². The van der Waals surface area contributed by atoms with Crippen LogP contribution in [0.4, 0.5) is 0 Å². The molecule has 1 aliphatic rings. The van der Waals surface area contributed by atoms with Gasteiger partial charge < -0.3 is 16.0 Å². The number of benzene rings is 1. The first-order valence-corrected chi connectivity index (χ1v) is 8.88. The van der Waals surface area contributed by atoms with Crippen molar-refractivity contribution < 1.29 is 4.79 Å². The highest BCUT2D eigenvalue weighted by Gasteiger charge is 2.22. The molecule has 1 fully saturated rings. The zero-order chi connectivity index (χ0) is 17.4. The summed E-state index contributed by atoms with van der Waals surface area (Å²) in [5.74, 6) is 0.957. The second kappa shape index (κ2) is 9.30. The maximum Gasteiger partial charge on any atom is 0.220 e. The van der Waals surface area contributed by atoms with Crippen LogP contribution in [0, 0.1) is 13.8 Å². The van der Waals surface area contributed by atoms with E-state index >= 15 is 0 Å². The second-order valence-electron chi connectivity index (χ2n) is 6.62. The molecule has 1 aliphatic carbocycles. The van der Waals surface area contributed by atoms with Gasteiger partial charge in [-0.05, 0) is 45.1 Å². The van der Waals surface area contributed by atoms with Crippen molar-refractivity contribution in [3.63, 3.8) is 0 Å². The summed E-state index contributed by atoms with van der Waals surface area (Å²) in [7, 11) is 1.77. The molecule has 1 saturated carbocycles. The fourth-order valence-electron chi connectivity index (χ4n) is 2.74. The smallest absolute Gasteiger partial charge is 0.220 e. The van der Waals surface area contributed by atoms with Crippen LogP contribution in [-0.2, 0) is 11.2 Å². The fourth-order valence-corrected chi connectivity index (χ4v) is 2.74. The minimum Gasteiger partial charge on any atom is -0.356 e. The van der Waals surface area contributed by atoms with E-state index in [0.717, 1.165) is 44.7 Å².